The van der Waals surface area contributed by atoms with Gasteiger partial charge in [-0.1, -0.05) is 30.3 Å². The summed E-state index contributed by atoms with van der Waals surface area (Å²) in [6.07, 6.45) is 1.44. The third-order valence-electron chi connectivity index (χ3n) is 1.82. The Kier molecular flexibility index (Phi) is 4.39. The van der Waals surface area contributed by atoms with E-state index in [0.717, 1.165) is 5.56 Å². The van der Waals surface area contributed by atoms with Gasteiger partial charge in [0.1, 0.15) is 6.61 Å². The Morgan fingerprint density at radius 1 is 1.38 bits per heavy atom. The molecule has 0 spiro atoms. The van der Waals surface area contributed by atoms with E-state index in [2.05, 4.69) is 0 Å². The SMILES string of the molecule is CN(C)/C=C(/OCc1ccccc1)C(=O)O. The molecule has 0 bridgehead atoms. The molecule has 0 heterocycles. The summed E-state index contributed by atoms with van der Waals surface area (Å²) < 4.78 is 5.22. The van der Waals surface area contributed by atoms with Crippen LogP contribution in [0.25, 0.3) is 0 Å². The summed E-state index contributed by atoms with van der Waals surface area (Å²) in [6, 6.07) is 9.44. The second kappa shape index (κ2) is 5.80. The lowest BCUT2D eigenvalue weighted by atomic mass is 10.2. The van der Waals surface area contributed by atoms with Gasteiger partial charge >= 0.3 is 5.97 Å². The molecule has 4 heteroatoms. The number of rotatable bonds is 5. The minimum absolute atomic E-state index is 0.0612. The first kappa shape index (κ1) is 12.1. The van der Waals surface area contributed by atoms with Crippen LogP contribution in [-0.2, 0) is 16.1 Å². The summed E-state index contributed by atoms with van der Waals surface area (Å²) in [5.41, 5.74) is 0.938. The molecular weight excluding hydrogens is 206 g/mol. The van der Waals surface area contributed by atoms with Gasteiger partial charge < -0.3 is 14.7 Å². The van der Waals surface area contributed by atoms with Crippen LogP contribution in [0.5, 0.6) is 0 Å². The van der Waals surface area contributed by atoms with E-state index < -0.39 is 5.97 Å². The fourth-order valence-corrected chi connectivity index (χ4v) is 1.12. The molecule has 0 fully saturated rings. The smallest absolute Gasteiger partial charge is 0.372 e. The van der Waals surface area contributed by atoms with Crippen LogP contribution < -0.4 is 0 Å². The molecule has 1 aromatic rings. The highest BCUT2D eigenvalue weighted by Crippen LogP contribution is 2.06. The summed E-state index contributed by atoms with van der Waals surface area (Å²) in [6.45, 7) is 0.257. The molecule has 1 aromatic carbocycles. The Labute approximate surface area is 94.8 Å². The van der Waals surface area contributed by atoms with Crippen LogP contribution in [0.1, 0.15) is 5.56 Å². The first-order valence-electron chi connectivity index (χ1n) is 4.88. The molecule has 86 valence electrons. The van der Waals surface area contributed by atoms with E-state index in [1.807, 2.05) is 30.3 Å². The van der Waals surface area contributed by atoms with Crippen LogP contribution in [-0.4, -0.2) is 30.1 Å². The lowest BCUT2D eigenvalue weighted by molar-refractivity contribution is -0.137. The van der Waals surface area contributed by atoms with Crippen LogP contribution in [0.4, 0.5) is 0 Å². The predicted molar refractivity (Wildman–Crippen MR) is 60.6 cm³/mol. The molecule has 0 atom stereocenters. The van der Waals surface area contributed by atoms with Crippen molar-refractivity contribution in [1.29, 1.82) is 0 Å². The Morgan fingerprint density at radius 2 is 2.00 bits per heavy atom. The highest BCUT2D eigenvalue weighted by atomic mass is 16.5. The van der Waals surface area contributed by atoms with Crippen molar-refractivity contribution in [1.82, 2.24) is 4.90 Å². The Balaban J connectivity index is 2.61. The summed E-state index contributed by atoms with van der Waals surface area (Å²) in [4.78, 5) is 12.5. The van der Waals surface area contributed by atoms with Gasteiger partial charge in [-0.3, -0.25) is 0 Å². The van der Waals surface area contributed by atoms with Crippen molar-refractivity contribution in [2.75, 3.05) is 14.1 Å². The third-order valence-corrected chi connectivity index (χ3v) is 1.82. The van der Waals surface area contributed by atoms with Gasteiger partial charge in [0.05, 0.1) is 0 Å². The topological polar surface area (TPSA) is 49.8 Å². The summed E-state index contributed by atoms with van der Waals surface area (Å²) in [7, 11) is 3.49. The van der Waals surface area contributed by atoms with Crippen molar-refractivity contribution in [2.24, 2.45) is 0 Å². The largest absolute Gasteiger partial charge is 0.481 e. The molecule has 16 heavy (non-hydrogen) atoms. The van der Waals surface area contributed by atoms with Crippen molar-refractivity contribution in [2.45, 2.75) is 6.61 Å². The highest BCUT2D eigenvalue weighted by molar-refractivity contribution is 5.84. The van der Waals surface area contributed by atoms with Gasteiger partial charge in [0.2, 0.25) is 5.76 Å². The number of hydrogen-bond donors (Lipinski definition) is 1. The maximum Gasteiger partial charge on any atom is 0.372 e. The van der Waals surface area contributed by atoms with Crippen LogP contribution >= 0.6 is 0 Å². The van der Waals surface area contributed by atoms with Gasteiger partial charge in [-0.2, -0.15) is 0 Å². The highest BCUT2D eigenvalue weighted by Gasteiger charge is 2.09. The van der Waals surface area contributed by atoms with Crippen molar-refractivity contribution < 1.29 is 14.6 Å². The standard InChI is InChI=1S/C12H15NO3/c1-13(2)8-11(12(14)15)16-9-10-6-4-3-5-7-10/h3-8H,9H2,1-2H3,(H,14,15)/b11-8+. The van der Waals surface area contributed by atoms with Gasteiger partial charge in [-0.15, -0.1) is 0 Å². The number of aliphatic carboxylic acids is 1. The first-order chi connectivity index (χ1) is 7.59. The van der Waals surface area contributed by atoms with Crippen molar-refractivity contribution in [3.05, 3.63) is 47.9 Å². The minimum atomic E-state index is -1.07. The molecule has 0 aliphatic rings. The van der Waals surface area contributed by atoms with Crippen molar-refractivity contribution >= 4 is 5.97 Å². The number of benzene rings is 1. The fraction of sp³-hybridized carbons (Fsp3) is 0.250. The average molecular weight is 221 g/mol. The van der Waals surface area contributed by atoms with E-state index in [4.69, 9.17) is 9.84 Å². The van der Waals surface area contributed by atoms with Gasteiger partial charge in [0, 0.05) is 20.3 Å². The van der Waals surface area contributed by atoms with Crippen LogP contribution in [0.3, 0.4) is 0 Å². The Morgan fingerprint density at radius 3 is 2.50 bits per heavy atom. The van der Waals surface area contributed by atoms with Crippen LogP contribution in [0.2, 0.25) is 0 Å². The van der Waals surface area contributed by atoms with Crippen LogP contribution in [0, 0.1) is 0 Å². The zero-order valence-corrected chi connectivity index (χ0v) is 9.38. The number of carboxylic acids is 1. The van der Waals surface area contributed by atoms with E-state index in [1.165, 1.54) is 6.20 Å². The zero-order chi connectivity index (χ0) is 12.0. The van der Waals surface area contributed by atoms with Gasteiger partial charge in [-0.05, 0) is 5.56 Å². The molecule has 0 aliphatic carbocycles. The molecular formula is C12H15NO3. The van der Waals surface area contributed by atoms with Gasteiger partial charge in [-0.25, -0.2) is 4.79 Å². The van der Waals surface area contributed by atoms with E-state index >= 15 is 0 Å². The number of carboxylic acid groups (broad SMARTS) is 1. The third kappa shape index (κ3) is 4.04. The van der Waals surface area contributed by atoms with Crippen molar-refractivity contribution in [3.63, 3.8) is 0 Å². The van der Waals surface area contributed by atoms with Crippen LogP contribution in [0.15, 0.2) is 42.3 Å². The quantitative estimate of drug-likeness (QED) is 0.607. The van der Waals surface area contributed by atoms with E-state index in [1.54, 1.807) is 19.0 Å². The molecule has 1 N–H and O–H groups in total. The van der Waals surface area contributed by atoms with E-state index in [0.29, 0.717) is 0 Å². The fourth-order valence-electron chi connectivity index (χ4n) is 1.12. The Bertz CT molecular complexity index is 371. The molecule has 0 saturated carbocycles. The molecule has 0 saturated heterocycles. The Hall–Kier alpha value is -1.97. The molecule has 0 unspecified atom stereocenters. The maximum atomic E-state index is 10.8. The molecule has 0 aliphatic heterocycles. The molecule has 0 radical (unpaired) electrons. The maximum absolute atomic E-state index is 10.8. The number of carbonyl (C=O) groups is 1. The normalized spacial score (nSPS) is 11.0. The number of nitrogens with zero attached hydrogens (tertiary/aromatic N) is 1. The minimum Gasteiger partial charge on any atom is -0.481 e. The summed E-state index contributed by atoms with van der Waals surface area (Å²) >= 11 is 0. The van der Waals surface area contributed by atoms with E-state index in [-0.39, 0.29) is 12.4 Å². The van der Waals surface area contributed by atoms with Crippen molar-refractivity contribution in [3.8, 4) is 0 Å². The zero-order valence-electron chi connectivity index (χ0n) is 9.38. The summed E-state index contributed by atoms with van der Waals surface area (Å²) in [5.74, 6) is -1.13. The first-order valence-corrected chi connectivity index (χ1v) is 4.88. The lowest BCUT2D eigenvalue weighted by Crippen LogP contribution is -2.11. The predicted octanol–water partition coefficient (Wildman–Crippen LogP) is 1.69. The van der Waals surface area contributed by atoms with Gasteiger partial charge in [0.25, 0.3) is 0 Å². The molecule has 1 rings (SSSR count). The average Bonchev–Trinajstić information content (AvgIpc) is 2.25. The molecule has 0 aromatic heterocycles. The number of hydrogen-bond acceptors (Lipinski definition) is 3. The second-order valence-corrected chi connectivity index (χ2v) is 3.54. The monoisotopic (exact) mass is 221 g/mol. The van der Waals surface area contributed by atoms with E-state index in [9.17, 15) is 4.79 Å². The second-order valence-electron chi connectivity index (χ2n) is 3.54. The molecule has 0 amide bonds. The van der Waals surface area contributed by atoms with Gasteiger partial charge in [0.15, 0.2) is 0 Å². The lowest BCUT2D eigenvalue weighted by Gasteiger charge is -2.10. The molecule has 4 nitrogen and oxygen atoms in total. The number of ether oxygens (including phenoxy) is 1. The summed E-state index contributed by atoms with van der Waals surface area (Å²) in [5, 5.41) is 8.88.